The minimum atomic E-state index is -4.25. The lowest BCUT2D eigenvalue weighted by molar-refractivity contribution is -0.166. The molecular weight excluding hydrogens is 905 g/mol. The topological polar surface area (TPSA) is 297 Å². The molecule has 2 amide bonds. The quantitative estimate of drug-likeness (QED) is 0.117. The molecule has 27 heteroatoms. The molecule has 62 heavy (non-hydrogen) atoms. The molecule has 346 valence electrons. The number of carbonyl (C=O) groups is 6. The van der Waals surface area contributed by atoms with Gasteiger partial charge < -0.3 is 47.9 Å². The molecule has 0 radical (unpaired) electrons. The van der Waals surface area contributed by atoms with Crippen LogP contribution in [0.2, 0.25) is 0 Å². The van der Waals surface area contributed by atoms with Crippen molar-refractivity contribution >= 4 is 84.6 Å². The van der Waals surface area contributed by atoms with E-state index in [1.54, 1.807) is 27.7 Å². The second-order valence-corrected chi connectivity index (χ2v) is 20.8. The molecule has 4 heterocycles. The van der Waals surface area contributed by atoms with Gasteiger partial charge in [0.2, 0.25) is 22.6 Å². The van der Waals surface area contributed by atoms with E-state index in [0.29, 0.717) is 43.5 Å². The number of nitrogens with two attached hydrogens (primary N) is 1. The van der Waals surface area contributed by atoms with Gasteiger partial charge in [-0.2, -0.15) is 4.37 Å². The summed E-state index contributed by atoms with van der Waals surface area (Å²) in [4.78, 5) is 79.9. The summed E-state index contributed by atoms with van der Waals surface area (Å²) < 4.78 is 94.6. The molecule has 2 aromatic rings. The highest BCUT2D eigenvalue weighted by atomic mass is 32.3. The normalized spacial score (nSPS) is 17.8. The van der Waals surface area contributed by atoms with Crippen LogP contribution in [0.5, 0.6) is 5.88 Å². The van der Waals surface area contributed by atoms with Crippen molar-refractivity contribution in [2.45, 2.75) is 92.2 Å². The van der Waals surface area contributed by atoms with Crippen LogP contribution >= 0.6 is 23.1 Å². The second-order valence-electron chi connectivity index (χ2n) is 14.8. The van der Waals surface area contributed by atoms with E-state index in [1.165, 1.54) is 11.8 Å². The van der Waals surface area contributed by atoms with Crippen LogP contribution in [0.25, 0.3) is 0 Å². The van der Waals surface area contributed by atoms with Crippen molar-refractivity contribution in [2.75, 3.05) is 70.9 Å². The van der Waals surface area contributed by atoms with Gasteiger partial charge in [0, 0.05) is 37.7 Å². The molecule has 0 bridgehead atoms. The van der Waals surface area contributed by atoms with E-state index in [1.807, 2.05) is 4.90 Å². The number of ether oxygens (including phenoxy) is 7. The molecule has 2 N–H and O–H groups in total. The Hall–Kier alpha value is -4.70. The average molecular weight is 955 g/mol. The minimum Gasteiger partial charge on any atom is -0.470 e. The fraction of sp³-hybridized carbons (Fsp3) is 0.657. The highest BCUT2D eigenvalue weighted by Gasteiger charge is 2.43. The summed E-state index contributed by atoms with van der Waals surface area (Å²) in [7, 11) is -8.14. The lowest BCUT2D eigenvalue weighted by Crippen LogP contribution is -2.52. The summed E-state index contributed by atoms with van der Waals surface area (Å²) in [6, 6.07) is 0.225. The van der Waals surface area contributed by atoms with Gasteiger partial charge in [-0.05, 0) is 47.1 Å². The number of amides is 2. The monoisotopic (exact) mass is 954 g/mol. The van der Waals surface area contributed by atoms with Gasteiger partial charge in [-0.1, -0.05) is 0 Å². The van der Waals surface area contributed by atoms with Crippen LogP contribution in [0.1, 0.15) is 72.4 Å². The molecule has 2 aliphatic rings. The van der Waals surface area contributed by atoms with E-state index in [0.717, 1.165) is 29.6 Å². The number of morpholine rings is 1. The van der Waals surface area contributed by atoms with Crippen LogP contribution in [0.15, 0.2) is 14.5 Å². The van der Waals surface area contributed by atoms with Crippen molar-refractivity contribution in [1.82, 2.24) is 18.5 Å². The maximum Gasteiger partial charge on any atom is 0.413 e. The van der Waals surface area contributed by atoms with Crippen LogP contribution in [-0.2, 0) is 72.3 Å². The summed E-state index contributed by atoms with van der Waals surface area (Å²) in [5, 5.41) is 4.27. The third-order valence-corrected chi connectivity index (χ3v) is 15.1. The lowest BCUT2D eigenvalue weighted by atomic mass is 10.0. The number of hydrogen-bond acceptors (Lipinski definition) is 22. The number of carbonyl (C=O) groups excluding carboxylic acids is 6. The smallest absolute Gasteiger partial charge is 0.413 e. The highest BCUT2D eigenvalue weighted by Crippen LogP contribution is 2.45. The molecule has 1 fully saturated rings. The number of anilines is 1. The zero-order valence-electron chi connectivity index (χ0n) is 34.9. The lowest BCUT2D eigenvalue weighted by Gasteiger charge is -2.37. The SMILES string of the molecule is CCN(C(=O)OCOC(=O)CCC(=O)OCC(=O)N(C[C@@H](COc1nsnc1N1CCOCC1)OC(=O)COC(C)=O)C(C)(C)C)[C@H]1C[C@H](C)S(=O)(=O)c2sc(S(N)(=O)=O)cc21. The molecule has 0 aliphatic carbocycles. The first kappa shape index (κ1) is 50.0. The Morgan fingerprint density at radius 2 is 1.66 bits per heavy atom. The van der Waals surface area contributed by atoms with E-state index in [4.69, 9.17) is 38.3 Å². The molecule has 2 aromatic heterocycles. The first-order chi connectivity index (χ1) is 29.0. The average Bonchev–Trinajstić information content (AvgIpc) is 3.88. The number of esters is 4. The van der Waals surface area contributed by atoms with Gasteiger partial charge in [-0.3, -0.25) is 19.2 Å². The third-order valence-electron chi connectivity index (χ3n) is 9.28. The number of aromatic nitrogens is 2. The number of nitrogens with zero attached hydrogens (tertiary/aromatic N) is 5. The van der Waals surface area contributed by atoms with Crippen molar-refractivity contribution in [3.05, 3.63) is 11.6 Å². The number of rotatable bonds is 19. The number of hydrogen-bond donors (Lipinski definition) is 1. The summed E-state index contributed by atoms with van der Waals surface area (Å²) in [6.07, 6.45) is -3.22. The van der Waals surface area contributed by atoms with Gasteiger partial charge in [0.25, 0.3) is 11.8 Å². The second kappa shape index (κ2) is 21.6. The molecule has 23 nitrogen and oxygen atoms in total. The maximum atomic E-state index is 13.5. The largest absolute Gasteiger partial charge is 0.470 e. The van der Waals surface area contributed by atoms with E-state index in [2.05, 4.69) is 8.75 Å². The van der Waals surface area contributed by atoms with Gasteiger partial charge in [0.05, 0.1) is 55.6 Å². The minimum absolute atomic E-state index is 0.0115. The van der Waals surface area contributed by atoms with Crippen LogP contribution in [-0.4, -0.2) is 154 Å². The van der Waals surface area contributed by atoms with Gasteiger partial charge in [0.15, 0.2) is 29.2 Å². The Bertz CT molecular complexity index is 2170. The first-order valence-electron chi connectivity index (χ1n) is 19.1. The zero-order valence-corrected chi connectivity index (χ0v) is 38.2. The Morgan fingerprint density at radius 3 is 2.27 bits per heavy atom. The highest BCUT2D eigenvalue weighted by molar-refractivity contribution is 7.95. The fourth-order valence-electron chi connectivity index (χ4n) is 6.15. The molecule has 0 saturated carbocycles. The van der Waals surface area contributed by atoms with Crippen LogP contribution in [0.3, 0.4) is 0 Å². The number of thiophene rings is 1. The number of sulfonamides is 1. The van der Waals surface area contributed by atoms with E-state index in [9.17, 15) is 45.6 Å². The summed E-state index contributed by atoms with van der Waals surface area (Å²) in [6.45, 7) is 8.43. The Kier molecular flexibility index (Phi) is 17.4. The number of fused-ring (bicyclic) bond motifs is 1. The predicted octanol–water partition coefficient (Wildman–Crippen LogP) is 1.15. The van der Waals surface area contributed by atoms with Crippen LogP contribution in [0.4, 0.5) is 10.6 Å². The third kappa shape index (κ3) is 13.6. The van der Waals surface area contributed by atoms with Crippen LogP contribution in [0, 0.1) is 0 Å². The molecule has 4 rings (SSSR count). The Balaban J connectivity index is 1.29. The van der Waals surface area contributed by atoms with Gasteiger partial charge >= 0.3 is 30.0 Å². The van der Waals surface area contributed by atoms with Crippen molar-refractivity contribution in [2.24, 2.45) is 5.14 Å². The first-order valence-corrected chi connectivity index (χ1v) is 23.7. The van der Waals surface area contributed by atoms with Crippen molar-refractivity contribution in [3.63, 3.8) is 0 Å². The maximum absolute atomic E-state index is 13.5. The molecule has 0 aromatic carbocycles. The number of sulfone groups is 1. The zero-order chi connectivity index (χ0) is 46.0. The standard InChI is InChI=1S/C35H50N6O17S4/c1-7-40(25-14-21(2)61(48,49)33-24(25)15-30(59-33)62(36,50)51)34(47)57-20-56-28(45)9-8-27(44)54-18-26(43)41(35(4,5)6)16-23(58-29(46)19-53-22(3)42)17-55-32-31(37-60-38-32)39-10-12-52-13-11-39/h15,21,23,25H,7-14,16-20H2,1-6H3,(H2,36,50,51)/t21-,23-,25-/m0/s1. The molecule has 2 aliphatic heterocycles. The van der Waals surface area contributed by atoms with E-state index in [-0.39, 0.29) is 46.0 Å². The summed E-state index contributed by atoms with van der Waals surface area (Å²) >= 11 is 1.41. The van der Waals surface area contributed by atoms with Gasteiger partial charge in [0.1, 0.15) is 15.0 Å². The predicted molar refractivity (Wildman–Crippen MR) is 216 cm³/mol. The van der Waals surface area contributed by atoms with Crippen molar-refractivity contribution in [3.8, 4) is 5.88 Å². The molecule has 1 saturated heterocycles. The molecular formula is C35H50N6O17S4. The number of primary sulfonamides is 1. The summed E-state index contributed by atoms with van der Waals surface area (Å²) in [5.41, 5.74) is -0.834. The Labute approximate surface area is 366 Å². The molecule has 3 atom stereocenters. The van der Waals surface area contributed by atoms with E-state index < -0.39 is 112 Å². The van der Waals surface area contributed by atoms with E-state index >= 15 is 0 Å². The van der Waals surface area contributed by atoms with Gasteiger partial charge in [-0.15, -0.1) is 15.7 Å². The van der Waals surface area contributed by atoms with Crippen molar-refractivity contribution in [1.29, 1.82) is 0 Å². The van der Waals surface area contributed by atoms with Crippen LogP contribution < -0.4 is 14.8 Å². The van der Waals surface area contributed by atoms with Crippen molar-refractivity contribution < 1.29 is 78.8 Å². The molecule has 0 unspecified atom stereocenters. The summed E-state index contributed by atoms with van der Waals surface area (Å²) in [5.74, 6) is -3.56. The van der Waals surface area contributed by atoms with Gasteiger partial charge in [-0.25, -0.2) is 31.6 Å². The molecule has 0 spiro atoms. The fourth-order valence-corrected chi connectivity index (χ4v) is 11.1. The Morgan fingerprint density at radius 1 is 1.00 bits per heavy atom.